The van der Waals surface area contributed by atoms with Crippen LogP contribution < -0.4 is 10.1 Å². The molecule has 19 heavy (non-hydrogen) atoms. The summed E-state index contributed by atoms with van der Waals surface area (Å²) in [6, 6.07) is 3.40. The number of ether oxygens (including phenoxy) is 1. The molecule has 0 radical (unpaired) electrons. The maximum atomic E-state index is 11.7. The van der Waals surface area contributed by atoms with Crippen molar-refractivity contribution in [3.63, 3.8) is 0 Å². The second-order valence-corrected chi connectivity index (χ2v) is 7.11. The fourth-order valence-electron chi connectivity index (χ4n) is 2.06. The van der Waals surface area contributed by atoms with E-state index in [1.807, 2.05) is 0 Å². The van der Waals surface area contributed by atoms with Crippen LogP contribution in [0.25, 0.3) is 0 Å². The molecule has 0 spiro atoms. The first-order chi connectivity index (χ1) is 8.89. The van der Waals surface area contributed by atoms with Gasteiger partial charge in [0.25, 0.3) is 5.91 Å². The molecule has 1 aromatic rings. The first-order valence-corrected chi connectivity index (χ1v) is 7.75. The van der Waals surface area contributed by atoms with Gasteiger partial charge in [-0.15, -0.1) is 0 Å². The van der Waals surface area contributed by atoms with Crippen molar-refractivity contribution in [1.82, 2.24) is 10.3 Å². The van der Waals surface area contributed by atoms with Gasteiger partial charge in [0.15, 0.2) is 16.4 Å². The zero-order valence-electron chi connectivity index (χ0n) is 10.6. The van der Waals surface area contributed by atoms with Crippen LogP contribution in [0.4, 0.5) is 0 Å². The standard InChI is InChI=1S/C12H16N2O4S/c1-12(4-6-19(16,17)9-12)14-11(15)8-18-10-3-2-5-13-7-10/h2-3,5,7H,4,6,8-9H2,1H3,(H,14,15)/t12-/m1/s1. The Bertz CT molecular complexity index is 558. The van der Waals surface area contributed by atoms with Gasteiger partial charge < -0.3 is 10.1 Å². The molecule has 1 atom stereocenters. The van der Waals surface area contributed by atoms with E-state index in [9.17, 15) is 13.2 Å². The second-order valence-electron chi connectivity index (χ2n) is 4.93. The summed E-state index contributed by atoms with van der Waals surface area (Å²) in [4.78, 5) is 15.6. The van der Waals surface area contributed by atoms with Crippen LogP contribution in [0, 0.1) is 0 Å². The van der Waals surface area contributed by atoms with E-state index in [1.54, 1.807) is 25.3 Å². The molecule has 1 amide bonds. The predicted molar refractivity (Wildman–Crippen MR) is 69.6 cm³/mol. The highest BCUT2D eigenvalue weighted by molar-refractivity contribution is 7.91. The Morgan fingerprint density at radius 1 is 1.58 bits per heavy atom. The van der Waals surface area contributed by atoms with Crippen LogP contribution in [0.3, 0.4) is 0 Å². The summed E-state index contributed by atoms with van der Waals surface area (Å²) in [7, 11) is -3.03. The summed E-state index contributed by atoms with van der Waals surface area (Å²) in [5.41, 5.74) is -0.686. The van der Waals surface area contributed by atoms with E-state index < -0.39 is 15.4 Å². The third-order valence-corrected chi connectivity index (χ3v) is 4.85. The molecular formula is C12H16N2O4S. The van der Waals surface area contributed by atoms with Gasteiger partial charge in [0.1, 0.15) is 5.75 Å². The first kappa shape index (κ1) is 13.8. The van der Waals surface area contributed by atoms with E-state index in [0.717, 1.165) is 0 Å². The molecule has 0 bridgehead atoms. The fraction of sp³-hybridized carbons (Fsp3) is 0.500. The van der Waals surface area contributed by atoms with E-state index in [0.29, 0.717) is 12.2 Å². The zero-order chi connectivity index (χ0) is 13.9. The maximum absolute atomic E-state index is 11.7. The number of nitrogens with zero attached hydrogens (tertiary/aromatic N) is 1. The van der Waals surface area contributed by atoms with Crippen molar-refractivity contribution in [3.05, 3.63) is 24.5 Å². The Balaban J connectivity index is 1.85. The molecule has 1 N–H and O–H groups in total. The molecule has 2 rings (SSSR count). The molecule has 1 saturated heterocycles. The normalized spacial score (nSPS) is 24.9. The number of carbonyl (C=O) groups is 1. The molecule has 104 valence electrons. The van der Waals surface area contributed by atoms with E-state index in [4.69, 9.17) is 4.74 Å². The van der Waals surface area contributed by atoms with Crippen molar-refractivity contribution >= 4 is 15.7 Å². The lowest BCUT2D eigenvalue weighted by molar-refractivity contribution is -0.124. The molecule has 1 aromatic heterocycles. The number of aromatic nitrogens is 1. The number of amides is 1. The lowest BCUT2D eigenvalue weighted by atomic mass is 10.0. The Kier molecular flexibility index (Phi) is 3.75. The smallest absolute Gasteiger partial charge is 0.258 e. The van der Waals surface area contributed by atoms with E-state index in [-0.39, 0.29) is 24.0 Å². The summed E-state index contributed by atoms with van der Waals surface area (Å²) < 4.78 is 28.1. The number of sulfone groups is 1. The quantitative estimate of drug-likeness (QED) is 0.851. The van der Waals surface area contributed by atoms with Gasteiger partial charge in [-0.2, -0.15) is 0 Å². The van der Waals surface area contributed by atoms with Crippen molar-refractivity contribution in [3.8, 4) is 5.75 Å². The van der Waals surface area contributed by atoms with Gasteiger partial charge in [-0.1, -0.05) is 0 Å². The number of nitrogens with one attached hydrogen (secondary N) is 1. The minimum absolute atomic E-state index is 0.0152. The number of hydrogen-bond acceptors (Lipinski definition) is 5. The van der Waals surface area contributed by atoms with Crippen molar-refractivity contribution in [2.75, 3.05) is 18.1 Å². The van der Waals surface area contributed by atoms with E-state index >= 15 is 0 Å². The van der Waals surface area contributed by atoms with Gasteiger partial charge >= 0.3 is 0 Å². The number of hydrogen-bond donors (Lipinski definition) is 1. The number of pyridine rings is 1. The van der Waals surface area contributed by atoms with Crippen LogP contribution in [0.2, 0.25) is 0 Å². The molecule has 0 unspecified atom stereocenters. The van der Waals surface area contributed by atoms with Crippen molar-refractivity contribution < 1.29 is 17.9 Å². The van der Waals surface area contributed by atoms with Crippen molar-refractivity contribution in [1.29, 1.82) is 0 Å². The molecule has 1 aliphatic rings. The van der Waals surface area contributed by atoms with Crippen LogP contribution >= 0.6 is 0 Å². The Labute approximate surface area is 112 Å². The third-order valence-electron chi connectivity index (χ3n) is 2.95. The van der Waals surface area contributed by atoms with Crippen LogP contribution in [0.15, 0.2) is 24.5 Å². The lowest BCUT2D eigenvalue weighted by Gasteiger charge is -2.23. The van der Waals surface area contributed by atoms with E-state index in [2.05, 4.69) is 10.3 Å². The third kappa shape index (κ3) is 3.92. The van der Waals surface area contributed by atoms with Crippen molar-refractivity contribution in [2.45, 2.75) is 18.9 Å². The van der Waals surface area contributed by atoms with Gasteiger partial charge in [-0.3, -0.25) is 9.78 Å². The highest BCUT2D eigenvalue weighted by atomic mass is 32.2. The van der Waals surface area contributed by atoms with Gasteiger partial charge in [-0.05, 0) is 25.5 Å². The monoisotopic (exact) mass is 284 g/mol. The summed E-state index contributed by atoms with van der Waals surface area (Å²) >= 11 is 0. The van der Waals surface area contributed by atoms with Gasteiger partial charge in [0.05, 0.1) is 23.2 Å². The van der Waals surface area contributed by atoms with Crippen LogP contribution in [-0.4, -0.2) is 43.0 Å². The molecule has 1 fully saturated rings. The summed E-state index contributed by atoms with van der Waals surface area (Å²) in [5, 5.41) is 2.72. The average Bonchev–Trinajstić information content (AvgIpc) is 2.62. The molecule has 0 aromatic carbocycles. The van der Waals surface area contributed by atoms with Crippen LogP contribution in [-0.2, 0) is 14.6 Å². The van der Waals surface area contributed by atoms with Gasteiger partial charge in [0.2, 0.25) is 0 Å². The topological polar surface area (TPSA) is 85.4 Å². The molecule has 7 heteroatoms. The Morgan fingerprint density at radius 2 is 2.37 bits per heavy atom. The summed E-state index contributed by atoms with van der Waals surface area (Å²) in [5.74, 6) is 0.275. The van der Waals surface area contributed by atoms with Gasteiger partial charge in [-0.25, -0.2) is 8.42 Å². The van der Waals surface area contributed by atoms with E-state index in [1.165, 1.54) is 6.20 Å². The average molecular weight is 284 g/mol. The summed E-state index contributed by atoms with van der Waals surface area (Å²) in [6.45, 7) is 1.58. The molecule has 0 saturated carbocycles. The predicted octanol–water partition coefficient (Wildman–Crippen LogP) is 0.154. The Morgan fingerprint density at radius 3 is 2.95 bits per heavy atom. The maximum Gasteiger partial charge on any atom is 0.258 e. The number of carbonyl (C=O) groups excluding carboxylic acids is 1. The Hall–Kier alpha value is -1.63. The molecule has 2 heterocycles. The lowest BCUT2D eigenvalue weighted by Crippen LogP contribution is -2.48. The highest BCUT2D eigenvalue weighted by Gasteiger charge is 2.39. The molecule has 6 nitrogen and oxygen atoms in total. The largest absolute Gasteiger partial charge is 0.482 e. The van der Waals surface area contributed by atoms with Crippen LogP contribution in [0.5, 0.6) is 5.75 Å². The number of rotatable bonds is 4. The van der Waals surface area contributed by atoms with Crippen LogP contribution in [0.1, 0.15) is 13.3 Å². The zero-order valence-corrected chi connectivity index (χ0v) is 11.4. The fourth-order valence-corrected chi connectivity index (χ4v) is 4.16. The second kappa shape index (κ2) is 5.16. The van der Waals surface area contributed by atoms with Gasteiger partial charge in [0, 0.05) is 6.20 Å². The first-order valence-electron chi connectivity index (χ1n) is 5.93. The molecule has 0 aliphatic carbocycles. The minimum atomic E-state index is -3.03. The summed E-state index contributed by atoms with van der Waals surface area (Å²) in [6.07, 6.45) is 3.56. The van der Waals surface area contributed by atoms with Crippen molar-refractivity contribution in [2.24, 2.45) is 0 Å². The molecule has 1 aliphatic heterocycles. The minimum Gasteiger partial charge on any atom is -0.482 e. The molecular weight excluding hydrogens is 268 g/mol. The highest BCUT2D eigenvalue weighted by Crippen LogP contribution is 2.22. The SMILES string of the molecule is C[C@@]1(NC(=O)COc2cccnc2)CCS(=O)(=O)C1.